The number of carboxylic acids is 2. The van der Waals surface area contributed by atoms with Crippen LogP contribution in [0, 0.1) is 23.7 Å². The monoisotopic (exact) mass is 486 g/mol. The van der Waals surface area contributed by atoms with Crippen molar-refractivity contribution >= 4 is 23.9 Å². The molecule has 0 bridgehead atoms. The van der Waals surface area contributed by atoms with Crippen LogP contribution in [0.1, 0.15) is 51.4 Å². The van der Waals surface area contributed by atoms with Crippen LogP contribution < -0.4 is 0 Å². The number of carboxylic acid groups (broad SMARTS) is 2. The van der Waals surface area contributed by atoms with Crippen molar-refractivity contribution in [3.8, 4) is 0 Å². The third-order valence-electron chi connectivity index (χ3n) is 5.17. The molecule has 0 aromatic heterocycles. The molecule has 0 aliphatic heterocycles. The number of carbonyl (C=O) groups excluding carboxylic acids is 2. The van der Waals surface area contributed by atoms with Crippen molar-refractivity contribution in [3.05, 3.63) is 0 Å². The van der Waals surface area contributed by atoms with Crippen LogP contribution in [-0.2, 0) is 56.0 Å². The molecule has 4 unspecified atom stereocenters. The predicted octanol–water partition coefficient (Wildman–Crippen LogP) is 2.10. The van der Waals surface area contributed by atoms with Crippen LogP contribution in [0.4, 0.5) is 0 Å². The molecule has 0 aromatic rings. The molecule has 9 heteroatoms. The number of aliphatic carboxylic acids is 2. The number of esters is 2. The zero-order valence-electron chi connectivity index (χ0n) is 16.0. The first kappa shape index (κ1) is 25.8. The van der Waals surface area contributed by atoms with Crippen molar-refractivity contribution in [2.24, 2.45) is 23.7 Å². The Morgan fingerprint density at radius 3 is 1.11 bits per heavy atom. The van der Waals surface area contributed by atoms with Crippen LogP contribution in [0.2, 0.25) is 0 Å². The van der Waals surface area contributed by atoms with Gasteiger partial charge in [-0.2, -0.15) is 0 Å². The first-order chi connectivity index (χ1) is 12.3. The minimum Gasteiger partial charge on any atom is -0.481 e. The SMILES string of the molecule is COC(=O)C1CCCCC1C(=O)O.COC(=O)C1CCCCC1C(=O)O.[Cd]. The van der Waals surface area contributed by atoms with E-state index < -0.39 is 35.6 Å². The number of rotatable bonds is 4. The molecular weight excluding hydrogens is 457 g/mol. The van der Waals surface area contributed by atoms with Gasteiger partial charge in [0.25, 0.3) is 0 Å². The molecule has 0 radical (unpaired) electrons. The molecule has 0 saturated heterocycles. The quantitative estimate of drug-likeness (QED) is 0.459. The maximum absolute atomic E-state index is 11.2. The van der Waals surface area contributed by atoms with Gasteiger partial charge in [0.1, 0.15) is 0 Å². The smallest absolute Gasteiger partial charge is 0.309 e. The summed E-state index contributed by atoms with van der Waals surface area (Å²) in [5, 5.41) is 17.7. The van der Waals surface area contributed by atoms with Crippen molar-refractivity contribution in [3.63, 3.8) is 0 Å². The summed E-state index contributed by atoms with van der Waals surface area (Å²) in [4.78, 5) is 43.9. The van der Waals surface area contributed by atoms with Gasteiger partial charge in [0.2, 0.25) is 0 Å². The Kier molecular flexibility index (Phi) is 12.5. The Morgan fingerprint density at radius 1 is 0.630 bits per heavy atom. The number of methoxy groups -OCH3 is 2. The third-order valence-corrected chi connectivity index (χ3v) is 5.17. The van der Waals surface area contributed by atoms with Gasteiger partial charge in [-0.3, -0.25) is 19.2 Å². The van der Waals surface area contributed by atoms with Gasteiger partial charge in [-0.05, 0) is 25.7 Å². The topological polar surface area (TPSA) is 127 Å². The van der Waals surface area contributed by atoms with E-state index in [1.165, 1.54) is 14.2 Å². The van der Waals surface area contributed by atoms with Gasteiger partial charge in [-0.15, -0.1) is 0 Å². The van der Waals surface area contributed by atoms with Gasteiger partial charge in [-0.25, -0.2) is 0 Å². The van der Waals surface area contributed by atoms with Gasteiger partial charge < -0.3 is 19.7 Å². The van der Waals surface area contributed by atoms with Crippen molar-refractivity contribution in [2.75, 3.05) is 14.2 Å². The number of ether oxygens (including phenoxy) is 2. The summed E-state index contributed by atoms with van der Waals surface area (Å²) in [7, 11) is 2.60. The van der Waals surface area contributed by atoms with E-state index in [1.807, 2.05) is 0 Å². The molecule has 2 aliphatic rings. The van der Waals surface area contributed by atoms with E-state index >= 15 is 0 Å². The zero-order chi connectivity index (χ0) is 19.7. The molecule has 0 heterocycles. The Hall–Kier alpha value is -1.20. The van der Waals surface area contributed by atoms with Crippen LogP contribution in [-0.4, -0.2) is 48.3 Å². The molecular formula is C18H28CdO8. The van der Waals surface area contributed by atoms with E-state index in [0.29, 0.717) is 25.7 Å². The summed E-state index contributed by atoms with van der Waals surface area (Å²) in [6, 6.07) is 0. The second kappa shape index (κ2) is 13.1. The van der Waals surface area contributed by atoms with E-state index in [2.05, 4.69) is 9.47 Å². The summed E-state index contributed by atoms with van der Waals surface area (Å²) in [5.74, 6) is -4.47. The largest absolute Gasteiger partial charge is 0.481 e. The number of hydrogen-bond donors (Lipinski definition) is 2. The van der Waals surface area contributed by atoms with Crippen LogP contribution in [0.15, 0.2) is 0 Å². The number of carbonyl (C=O) groups is 4. The second-order valence-electron chi connectivity index (χ2n) is 6.72. The van der Waals surface area contributed by atoms with E-state index in [1.54, 1.807) is 0 Å². The van der Waals surface area contributed by atoms with Gasteiger partial charge in [0, 0.05) is 27.3 Å². The summed E-state index contributed by atoms with van der Waals surface area (Å²) in [6.45, 7) is 0. The molecule has 2 rings (SSSR count). The standard InChI is InChI=1S/2C9H14O4.Cd/c2*1-13-9(12)7-5-3-2-4-6(7)8(10)11;/h2*6-7H,2-5H2,1H3,(H,10,11);. The second-order valence-corrected chi connectivity index (χ2v) is 6.72. The molecule has 2 N–H and O–H groups in total. The average molecular weight is 485 g/mol. The summed E-state index contributed by atoms with van der Waals surface area (Å²) in [5.41, 5.74) is 0. The molecule has 4 atom stereocenters. The summed E-state index contributed by atoms with van der Waals surface area (Å²) >= 11 is 0. The Morgan fingerprint density at radius 2 is 0.889 bits per heavy atom. The van der Waals surface area contributed by atoms with E-state index in [4.69, 9.17) is 10.2 Å². The van der Waals surface area contributed by atoms with Crippen molar-refractivity contribution in [1.82, 2.24) is 0 Å². The van der Waals surface area contributed by atoms with E-state index in [-0.39, 0.29) is 39.2 Å². The molecule has 0 amide bonds. The third kappa shape index (κ3) is 7.75. The normalized spacial score (nSPS) is 27.0. The number of hydrogen-bond acceptors (Lipinski definition) is 6. The van der Waals surface area contributed by atoms with Crippen molar-refractivity contribution in [2.45, 2.75) is 51.4 Å². The zero-order valence-corrected chi connectivity index (χ0v) is 20.1. The first-order valence-electron chi connectivity index (χ1n) is 8.94. The minimum atomic E-state index is -0.880. The fraction of sp³-hybridized carbons (Fsp3) is 0.778. The maximum atomic E-state index is 11.2. The molecule has 2 saturated carbocycles. The molecule has 0 spiro atoms. The molecule has 27 heavy (non-hydrogen) atoms. The van der Waals surface area contributed by atoms with Crippen molar-refractivity contribution < 1.29 is 66.2 Å². The van der Waals surface area contributed by atoms with Crippen LogP contribution in [0.3, 0.4) is 0 Å². The fourth-order valence-corrected chi connectivity index (χ4v) is 3.72. The summed E-state index contributed by atoms with van der Waals surface area (Å²) < 4.78 is 9.14. The fourth-order valence-electron chi connectivity index (χ4n) is 3.72. The molecule has 2 aliphatic carbocycles. The van der Waals surface area contributed by atoms with Gasteiger partial charge in [-0.1, -0.05) is 25.7 Å². The Bertz CT molecular complexity index is 475. The van der Waals surface area contributed by atoms with Crippen LogP contribution >= 0.6 is 0 Å². The minimum absolute atomic E-state index is 0. The molecule has 2 fully saturated rings. The van der Waals surface area contributed by atoms with E-state index in [9.17, 15) is 19.2 Å². The molecule has 0 aromatic carbocycles. The molecule has 8 nitrogen and oxygen atoms in total. The van der Waals surface area contributed by atoms with E-state index in [0.717, 1.165) is 25.7 Å². The Balaban J connectivity index is 0.000000483. The predicted molar refractivity (Wildman–Crippen MR) is 90.2 cm³/mol. The molecule has 150 valence electrons. The van der Waals surface area contributed by atoms with Gasteiger partial charge in [0.05, 0.1) is 37.9 Å². The Labute approximate surface area is 179 Å². The first-order valence-corrected chi connectivity index (χ1v) is 8.94. The average Bonchev–Trinajstić information content (AvgIpc) is 2.67. The maximum Gasteiger partial charge on any atom is 0.309 e. The van der Waals surface area contributed by atoms with Crippen molar-refractivity contribution in [1.29, 1.82) is 0 Å². The van der Waals surface area contributed by atoms with Crippen LogP contribution in [0.25, 0.3) is 0 Å². The van der Waals surface area contributed by atoms with Gasteiger partial charge >= 0.3 is 23.9 Å². The summed E-state index contributed by atoms with van der Waals surface area (Å²) in [6.07, 6.45) is 6.10. The van der Waals surface area contributed by atoms with Gasteiger partial charge in [0.15, 0.2) is 0 Å². The van der Waals surface area contributed by atoms with Crippen LogP contribution in [0.5, 0.6) is 0 Å².